The van der Waals surface area contributed by atoms with Crippen LogP contribution in [0.3, 0.4) is 0 Å². The number of hydrogen-bond donors (Lipinski definition) is 2. The predicted molar refractivity (Wildman–Crippen MR) is 61.1 cm³/mol. The molecular weight excluding hydrogens is 192 g/mol. The van der Waals surface area contributed by atoms with E-state index in [0.29, 0.717) is 11.4 Å². The number of anilines is 1. The van der Waals surface area contributed by atoms with Crippen molar-refractivity contribution in [2.24, 2.45) is 0 Å². The summed E-state index contributed by atoms with van der Waals surface area (Å²) in [5.74, 6) is 0. The van der Waals surface area contributed by atoms with Crippen molar-refractivity contribution in [1.82, 2.24) is 0 Å². The van der Waals surface area contributed by atoms with Gasteiger partial charge in [0.1, 0.15) is 0 Å². The van der Waals surface area contributed by atoms with E-state index in [1.54, 1.807) is 11.3 Å². The van der Waals surface area contributed by atoms with E-state index >= 15 is 0 Å². The van der Waals surface area contributed by atoms with Crippen LogP contribution in [0.15, 0.2) is 41.8 Å². The maximum atomic E-state index is 7.96. The van der Waals surface area contributed by atoms with Crippen LogP contribution in [-0.4, -0.2) is 5.71 Å². The van der Waals surface area contributed by atoms with Crippen molar-refractivity contribution in [1.29, 1.82) is 5.41 Å². The third kappa shape index (κ3) is 1.54. The van der Waals surface area contributed by atoms with E-state index in [4.69, 9.17) is 11.1 Å². The Morgan fingerprint density at radius 2 is 1.93 bits per heavy atom. The monoisotopic (exact) mass is 202 g/mol. The van der Waals surface area contributed by atoms with Crippen molar-refractivity contribution in [2.45, 2.75) is 0 Å². The number of hydrogen-bond acceptors (Lipinski definition) is 3. The molecule has 70 valence electrons. The van der Waals surface area contributed by atoms with Crippen LogP contribution in [0.2, 0.25) is 0 Å². The first-order valence-electron chi connectivity index (χ1n) is 4.26. The molecule has 1 aromatic heterocycles. The van der Waals surface area contributed by atoms with E-state index in [9.17, 15) is 0 Å². The lowest BCUT2D eigenvalue weighted by molar-refractivity contribution is 1.48. The molecule has 0 amide bonds. The average Bonchev–Trinajstić information content (AvgIpc) is 2.70. The van der Waals surface area contributed by atoms with E-state index in [2.05, 4.69) is 0 Å². The van der Waals surface area contributed by atoms with Gasteiger partial charge in [-0.15, -0.1) is 11.3 Å². The number of para-hydroxylation sites is 1. The molecule has 2 aromatic rings. The lowest BCUT2D eigenvalue weighted by Gasteiger charge is -2.04. The summed E-state index contributed by atoms with van der Waals surface area (Å²) < 4.78 is 0. The van der Waals surface area contributed by atoms with Crippen molar-refractivity contribution in [3.05, 3.63) is 52.2 Å². The quantitative estimate of drug-likeness (QED) is 0.571. The Bertz CT molecular complexity index is 446. The molecular formula is C11H10N2S. The van der Waals surface area contributed by atoms with Crippen LogP contribution >= 0.6 is 11.3 Å². The minimum atomic E-state index is 0.498. The number of thiophene rings is 1. The topological polar surface area (TPSA) is 49.9 Å². The van der Waals surface area contributed by atoms with Gasteiger partial charge in [0.2, 0.25) is 0 Å². The van der Waals surface area contributed by atoms with Gasteiger partial charge in [-0.1, -0.05) is 24.3 Å². The highest BCUT2D eigenvalue weighted by Crippen LogP contribution is 2.18. The van der Waals surface area contributed by atoms with E-state index in [-0.39, 0.29) is 0 Å². The molecule has 0 aliphatic heterocycles. The normalized spacial score (nSPS) is 10.0. The SMILES string of the molecule is N=C(c1cccs1)c1ccccc1N. The highest BCUT2D eigenvalue weighted by atomic mass is 32.1. The highest BCUT2D eigenvalue weighted by molar-refractivity contribution is 7.12. The fourth-order valence-corrected chi connectivity index (χ4v) is 1.97. The average molecular weight is 202 g/mol. The molecule has 0 atom stereocenters. The number of nitrogens with two attached hydrogens (primary N) is 1. The minimum absolute atomic E-state index is 0.498. The van der Waals surface area contributed by atoms with Crippen LogP contribution in [0.5, 0.6) is 0 Å². The fourth-order valence-electron chi connectivity index (χ4n) is 1.28. The summed E-state index contributed by atoms with van der Waals surface area (Å²) in [6, 6.07) is 11.3. The van der Waals surface area contributed by atoms with E-state index < -0.39 is 0 Å². The first-order chi connectivity index (χ1) is 6.79. The summed E-state index contributed by atoms with van der Waals surface area (Å²) in [5, 5.41) is 9.92. The van der Waals surface area contributed by atoms with Crippen LogP contribution in [0.4, 0.5) is 5.69 Å². The molecule has 1 heterocycles. The smallest absolute Gasteiger partial charge is 0.0804 e. The Labute approximate surface area is 86.5 Å². The molecule has 0 saturated carbocycles. The Morgan fingerprint density at radius 1 is 1.14 bits per heavy atom. The Balaban J connectivity index is 2.42. The zero-order chi connectivity index (χ0) is 9.97. The molecule has 0 bridgehead atoms. The van der Waals surface area contributed by atoms with Gasteiger partial charge >= 0.3 is 0 Å². The molecule has 0 aliphatic rings. The van der Waals surface area contributed by atoms with Gasteiger partial charge in [0, 0.05) is 11.3 Å². The van der Waals surface area contributed by atoms with Crippen LogP contribution < -0.4 is 5.73 Å². The number of nitrogens with one attached hydrogen (secondary N) is 1. The van der Waals surface area contributed by atoms with E-state index in [1.807, 2.05) is 41.8 Å². The van der Waals surface area contributed by atoms with Gasteiger partial charge < -0.3 is 5.73 Å². The summed E-state index contributed by atoms with van der Waals surface area (Å²) in [4.78, 5) is 0.947. The molecule has 0 aliphatic carbocycles. The molecule has 2 rings (SSSR count). The summed E-state index contributed by atoms with van der Waals surface area (Å²) in [6.07, 6.45) is 0. The number of nitrogen functional groups attached to an aromatic ring is 1. The van der Waals surface area contributed by atoms with Gasteiger partial charge in [-0.05, 0) is 17.5 Å². The molecule has 2 nitrogen and oxygen atoms in total. The number of benzene rings is 1. The van der Waals surface area contributed by atoms with E-state index in [1.165, 1.54) is 0 Å². The van der Waals surface area contributed by atoms with Crippen LogP contribution in [0.1, 0.15) is 10.4 Å². The highest BCUT2D eigenvalue weighted by Gasteiger charge is 2.07. The van der Waals surface area contributed by atoms with Gasteiger partial charge in [0.05, 0.1) is 10.6 Å². The summed E-state index contributed by atoms with van der Waals surface area (Å²) in [7, 11) is 0. The standard InChI is InChI=1S/C11H10N2S/c12-9-5-2-1-4-8(9)11(13)10-6-3-7-14-10/h1-7,13H,12H2. The molecule has 1 aromatic carbocycles. The second-order valence-electron chi connectivity index (χ2n) is 2.94. The minimum Gasteiger partial charge on any atom is -0.398 e. The van der Waals surface area contributed by atoms with Crippen molar-refractivity contribution in [2.75, 3.05) is 5.73 Å². The lowest BCUT2D eigenvalue weighted by atomic mass is 10.1. The molecule has 0 radical (unpaired) electrons. The molecule has 0 fully saturated rings. The van der Waals surface area contributed by atoms with Gasteiger partial charge in [0.25, 0.3) is 0 Å². The van der Waals surface area contributed by atoms with Crippen LogP contribution in [-0.2, 0) is 0 Å². The van der Waals surface area contributed by atoms with Crippen molar-refractivity contribution in [3.63, 3.8) is 0 Å². The molecule has 3 heteroatoms. The molecule has 0 unspecified atom stereocenters. The van der Waals surface area contributed by atoms with Crippen molar-refractivity contribution >= 4 is 22.7 Å². The van der Waals surface area contributed by atoms with Gasteiger partial charge in [-0.25, -0.2) is 0 Å². The zero-order valence-corrected chi connectivity index (χ0v) is 8.34. The largest absolute Gasteiger partial charge is 0.398 e. The summed E-state index contributed by atoms with van der Waals surface area (Å²) in [5.41, 5.74) is 7.75. The van der Waals surface area contributed by atoms with Gasteiger partial charge in [0.15, 0.2) is 0 Å². The van der Waals surface area contributed by atoms with Crippen LogP contribution in [0.25, 0.3) is 0 Å². The van der Waals surface area contributed by atoms with Crippen molar-refractivity contribution < 1.29 is 0 Å². The Kier molecular flexibility index (Phi) is 2.33. The lowest BCUT2D eigenvalue weighted by Crippen LogP contribution is -2.02. The fraction of sp³-hybridized carbons (Fsp3) is 0. The second kappa shape index (κ2) is 3.64. The Hall–Kier alpha value is -1.61. The first-order valence-corrected chi connectivity index (χ1v) is 5.14. The zero-order valence-electron chi connectivity index (χ0n) is 7.53. The second-order valence-corrected chi connectivity index (χ2v) is 3.89. The molecule has 3 N–H and O–H groups in total. The third-order valence-corrected chi connectivity index (χ3v) is 2.89. The maximum Gasteiger partial charge on any atom is 0.0804 e. The predicted octanol–water partition coefficient (Wildman–Crippen LogP) is 2.75. The summed E-state index contributed by atoms with van der Waals surface area (Å²) >= 11 is 1.55. The molecule has 14 heavy (non-hydrogen) atoms. The molecule has 0 spiro atoms. The third-order valence-electron chi connectivity index (χ3n) is 2.00. The van der Waals surface area contributed by atoms with Crippen LogP contribution in [0, 0.1) is 5.41 Å². The molecule has 0 saturated heterocycles. The van der Waals surface area contributed by atoms with Gasteiger partial charge in [-0.2, -0.15) is 0 Å². The van der Waals surface area contributed by atoms with E-state index in [0.717, 1.165) is 10.4 Å². The summed E-state index contributed by atoms with van der Waals surface area (Å²) in [6.45, 7) is 0. The first kappa shape index (κ1) is 8.97. The van der Waals surface area contributed by atoms with Crippen molar-refractivity contribution in [3.8, 4) is 0 Å². The van der Waals surface area contributed by atoms with Gasteiger partial charge in [-0.3, -0.25) is 5.41 Å². The maximum absolute atomic E-state index is 7.96. The Morgan fingerprint density at radius 3 is 2.57 bits per heavy atom. The number of rotatable bonds is 2.